The van der Waals surface area contributed by atoms with Crippen LogP contribution < -0.4 is 10.2 Å². The number of carbonyl (C=O) groups excluding carboxylic acids is 2. The lowest BCUT2D eigenvalue weighted by Crippen LogP contribution is -2.23. The molecule has 1 saturated heterocycles. The molecule has 0 atom stereocenters. The Kier molecular flexibility index (Phi) is 4.28. The van der Waals surface area contributed by atoms with E-state index < -0.39 is 5.97 Å². The van der Waals surface area contributed by atoms with Crippen molar-refractivity contribution in [1.29, 1.82) is 0 Å². The van der Waals surface area contributed by atoms with E-state index in [0.717, 1.165) is 12.1 Å². The second-order valence-electron chi connectivity index (χ2n) is 5.47. The number of anilines is 2. The molecular formula is C16H16N4O4. The molecule has 1 fully saturated rings. The van der Waals surface area contributed by atoms with Crippen molar-refractivity contribution in [3.8, 4) is 0 Å². The predicted molar refractivity (Wildman–Crippen MR) is 85.8 cm³/mol. The van der Waals surface area contributed by atoms with Crippen LogP contribution in [-0.2, 0) is 16.1 Å². The van der Waals surface area contributed by atoms with Crippen molar-refractivity contribution in [2.45, 2.75) is 19.4 Å². The minimum absolute atomic E-state index is 0.0954. The highest BCUT2D eigenvalue weighted by molar-refractivity contribution is 6.04. The molecule has 1 aliphatic heterocycles. The Balaban J connectivity index is 1.65. The molecule has 3 rings (SSSR count). The lowest BCUT2D eigenvalue weighted by Gasteiger charge is -2.15. The number of benzene rings is 1. The summed E-state index contributed by atoms with van der Waals surface area (Å²) in [5, 5.41) is 15.2. The molecule has 124 valence electrons. The molecule has 0 spiro atoms. The van der Waals surface area contributed by atoms with Crippen LogP contribution in [0.4, 0.5) is 11.4 Å². The van der Waals surface area contributed by atoms with Crippen LogP contribution in [0.15, 0.2) is 36.7 Å². The Morgan fingerprint density at radius 2 is 2.00 bits per heavy atom. The van der Waals surface area contributed by atoms with Crippen LogP contribution in [0.1, 0.15) is 23.2 Å². The van der Waals surface area contributed by atoms with Crippen molar-refractivity contribution < 1.29 is 19.5 Å². The number of amides is 2. The van der Waals surface area contributed by atoms with Gasteiger partial charge in [0.25, 0.3) is 5.91 Å². The number of nitrogens with zero attached hydrogens (tertiary/aromatic N) is 3. The monoisotopic (exact) mass is 328 g/mol. The SMILES string of the molecule is O=C(O)Cn1cc(NC(=O)c2ccc(N3CCCC3=O)cc2)cn1. The number of carboxylic acid groups (broad SMARTS) is 1. The lowest BCUT2D eigenvalue weighted by molar-refractivity contribution is -0.137. The third-order valence-electron chi connectivity index (χ3n) is 3.70. The zero-order chi connectivity index (χ0) is 17.1. The molecule has 1 aromatic heterocycles. The molecule has 8 nitrogen and oxygen atoms in total. The first-order valence-corrected chi connectivity index (χ1v) is 7.49. The lowest BCUT2D eigenvalue weighted by atomic mass is 10.2. The van der Waals surface area contributed by atoms with Crippen LogP contribution in [0.2, 0.25) is 0 Å². The van der Waals surface area contributed by atoms with Gasteiger partial charge >= 0.3 is 5.97 Å². The summed E-state index contributed by atoms with van der Waals surface area (Å²) in [6.45, 7) is 0.432. The average molecular weight is 328 g/mol. The molecule has 2 N–H and O–H groups in total. The summed E-state index contributed by atoms with van der Waals surface area (Å²) in [6.07, 6.45) is 4.24. The highest BCUT2D eigenvalue weighted by Crippen LogP contribution is 2.21. The Labute approximate surface area is 137 Å². The van der Waals surface area contributed by atoms with Crippen molar-refractivity contribution in [2.24, 2.45) is 0 Å². The first-order chi connectivity index (χ1) is 11.5. The summed E-state index contributed by atoms with van der Waals surface area (Å²) in [5.41, 5.74) is 1.64. The van der Waals surface area contributed by atoms with E-state index in [1.54, 1.807) is 29.2 Å². The van der Waals surface area contributed by atoms with Crippen molar-refractivity contribution >= 4 is 29.2 Å². The van der Waals surface area contributed by atoms with Gasteiger partial charge in [-0.3, -0.25) is 19.1 Å². The second-order valence-corrected chi connectivity index (χ2v) is 5.47. The minimum atomic E-state index is -1.01. The quantitative estimate of drug-likeness (QED) is 0.862. The van der Waals surface area contributed by atoms with Crippen LogP contribution in [0.25, 0.3) is 0 Å². The normalized spacial score (nSPS) is 14.0. The van der Waals surface area contributed by atoms with E-state index in [0.29, 0.717) is 24.2 Å². The second kappa shape index (κ2) is 6.53. The summed E-state index contributed by atoms with van der Waals surface area (Å²) in [4.78, 5) is 36.2. The van der Waals surface area contributed by atoms with Gasteiger partial charge in [0.2, 0.25) is 5.91 Å². The van der Waals surface area contributed by atoms with Gasteiger partial charge in [-0.2, -0.15) is 5.10 Å². The maximum absolute atomic E-state index is 12.2. The molecular weight excluding hydrogens is 312 g/mol. The van der Waals surface area contributed by atoms with E-state index in [2.05, 4.69) is 10.4 Å². The maximum atomic E-state index is 12.2. The molecule has 0 saturated carbocycles. The number of rotatable bonds is 5. The van der Waals surface area contributed by atoms with Gasteiger partial charge in [-0.05, 0) is 30.7 Å². The van der Waals surface area contributed by atoms with Crippen molar-refractivity contribution in [1.82, 2.24) is 9.78 Å². The molecule has 24 heavy (non-hydrogen) atoms. The summed E-state index contributed by atoms with van der Waals surface area (Å²) in [7, 11) is 0. The van der Waals surface area contributed by atoms with Gasteiger partial charge in [0, 0.05) is 30.4 Å². The minimum Gasteiger partial charge on any atom is -0.480 e. The highest BCUT2D eigenvalue weighted by Gasteiger charge is 2.21. The number of hydrogen-bond donors (Lipinski definition) is 2. The van der Waals surface area contributed by atoms with Crippen LogP contribution in [0, 0.1) is 0 Å². The van der Waals surface area contributed by atoms with Gasteiger partial charge in [-0.1, -0.05) is 0 Å². The van der Waals surface area contributed by atoms with Crippen molar-refractivity contribution in [3.63, 3.8) is 0 Å². The predicted octanol–water partition coefficient (Wildman–Crippen LogP) is 1.35. The molecule has 2 aromatic rings. The van der Waals surface area contributed by atoms with Gasteiger partial charge < -0.3 is 15.3 Å². The number of aromatic nitrogens is 2. The summed E-state index contributed by atoms with van der Waals surface area (Å²) in [6, 6.07) is 6.79. The molecule has 0 aliphatic carbocycles. The van der Waals surface area contributed by atoms with Crippen LogP contribution in [0.5, 0.6) is 0 Å². The Bertz CT molecular complexity index is 782. The van der Waals surface area contributed by atoms with Gasteiger partial charge in [0.05, 0.1) is 11.9 Å². The summed E-state index contributed by atoms with van der Waals surface area (Å²) >= 11 is 0. The first-order valence-electron chi connectivity index (χ1n) is 7.49. The van der Waals surface area contributed by atoms with Gasteiger partial charge in [-0.15, -0.1) is 0 Å². The third kappa shape index (κ3) is 3.43. The van der Waals surface area contributed by atoms with E-state index in [-0.39, 0.29) is 18.4 Å². The van der Waals surface area contributed by atoms with E-state index in [4.69, 9.17) is 5.11 Å². The number of carbonyl (C=O) groups is 3. The Hall–Kier alpha value is -3.16. The summed E-state index contributed by atoms with van der Waals surface area (Å²) < 4.78 is 1.22. The number of carboxylic acids is 1. The van der Waals surface area contributed by atoms with Gasteiger partial charge in [-0.25, -0.2) is 0 Å². The zero-order valence-corrected chi connectivity index (χ0v) is 12.8. The Morgan fingerprint density at radius 1 is 1.25 bits per heavy atom. The standard InChI is InChI=1S/C16H16N4O4/c21-14-2-1-7-20(14)13-5-3-11(4-6-13)16(24)18-12-8-17-19(9-12)10-15(22)23/h3-6,8-9H,1-2,7,10H2,(H,18,24)(H,22,23). The number of nitrogens with one attached hydrogen (secondary N) is 1. The highest BCUT2D eigenvalue weighted by atomic mass is 16.4. The van der Waals surface area contributed by atoms with Crippen molar-refractivity contribution in [2.75, 3.05) is 16.8 Å². The fraction of sp³-hybridized carbons (Fsp3) is 0.250. The smallest absolute Gasteiger partial charge is 0.325 e. The molecule has 0 bridgehead atoms. The van der Waals surface area contributed by atoms with Crippen LogP contribution >= 0.6 is 0 Å². The van der Waals surface area contributed by atoms with Crippen molar-refractivity contribution in [3.05, 3.63) is 42.2 Å². The fourth-order valence-electron chi connectivity index (χ4n) is 2.57. The molecule has 1 aliphatic rings. The fourth-order valence-corrected chi connectivity index (χ4v) is 2.57. The Morgan fingerprint density at radius 3 is 2.62 bits per heavy atom. The van der Waals surface area contributed by atoms with Crippen LogP contribution in [0.3, 0.4) is 0 Å². The van der Waals surface area contributed by atoms with E-state index in [1.807, 2.05) is 0 Å². The number of hydrogen-bond acceptors (Lipinski definition) is 4. The molecule has 1 aromatic carbocycles. The topological polar surface area (TPSA) is 105 Å². The molecule has 0 radical (unpaired) electrons. The van der Waals surface area contributed by atoms with E-state index in [1.165, 1.54) is 17.1 Å². The molecule has 0 unspecified atom stereocenters. The largest absolute Gasteiger partial charge is 0.480 e. The maximum Gasteiger partial charge on any atom is 0.325 e. The van der Waals surface area contributed by atoms with Gasteiger partial charge in [0.15, 0.2) is 0 Å². The van der Waals surface area contributed by atoms with E-state index >= 15 is 0 Å². The van der Waals surface area contributed by atoms with E-state index in [9.17, 15) is 14.4 Å². The number of aliphatic carboxylic acids is 1. The van der Waals surface area contributed by atoms with Crippen LogP contribution in [-0.4, -0.2) is 39.2 Å². The van der Waals surface area contributed by atoms with Gasteiger partial charge in [0.1, 0.15) is 6.54 Å². The zero-order valence-electron chi connectivity index (χ0n) is 12.8. The molecule has 2 heterocycles. The average Bonchev–Trinajstić information content (AvgIpc) is 3.16. The molecule has 2 amide bonds. The summed E-state index contributed by atoms with van der Waals surface area (Å²) in [5.74, 6) is -1.25. The molecule has 8 heteroatoms. The third-order valence-corrected chi connectivity index (χ3v) is 3.70. The first kappa shape index (κ1) is 15.7.